The molecular weight excluding hydrogens is 320 g/mol. The van der Waals surface area contributed by atoms with Crippen LogP contribution < -0.4 is 5.32 Å². The maximum Gasteiger partial charge on any atom is 0.226 e. The van der Waals surface area contributed by atoms with Gasteiger partial charge in [-0.3, -0.25) is 9.48 Å². The molecule has 0 aliphatic heterocycles. The van der Waals surface area contributed by atoms with Crippen LogP contribution in [0.2, 0.25) is 0 Å². The summed E-state index contributed by atoms with van der Waals surface area (Å²) < 4.78 is 2.69. The number of amides is 1. The van der Waals surface area contributed by atoms with Crippen molar-refractivity contribution in [1.29, 1.82) is 5.26 Å². The molecule has 1 aromatic carbocycles. The number of aryl methyl sites for hydroxylation is 1. The highest BCUT2D eigenvalue weighted by Crippen LogP contribution is 2.16. The first-order valence-electron chi connectivity index (χ1n) is 6.08. The summed E-state index contributed by atoms with van der Waals surface area (Å²) in [5.74, 6) is -0.140. The van der Waals surface area contributed by atoms with Crippen molar-refractivity contribution >= 4 is 27.5 Å². The van der Waals surface area contributed by atoms with Gasteiger partial charge in [-0.15, -0.1) is 0 Å². The molecule has 2 rings (SSSR count). The fourth-order valence-corrected chi connectivity index (χ4v) is 2.06. The van der Waals surface area contributed by atoms with Gasteiger partial charge in [-0.2, -0.15) is 10.4 Å². The first-order valence-corrected chi connectivity index (χ1v) is 6.88. The summed E-state index contributed by atoms with van der Waals surface area (Å²) >= 11 is 3.38. The Balaban J connectivity index is 1.96. The number of aromatic nitrogens is 2. The van der Waals surface area contributed by atoms with E-state index in [0.717, 1.165) is 10.2 Å². The molecule has 1 aromatic heterocycles. The average molecular weight is 333 g/mol. The number of carbonyl (C=O) groups excluding carboxylic acids is 1. The Bertz CT molecular complexity index is 672. The fourth-order valence-electron chi connectivity index (χ4n) is 1.76. The van der Waals surface area contributed by atoms with Gasteiger partial charge in [0.2, 0.25) is 5.91 Å². The number of nitriles is 1. The average Bonchev–Trinajstić information content (AvgIpc) is 2.77. The zero-order valence-electron chi connectivity index (χ0n) is 10.9. The molecule has 6 heteroatoms. The monoisotopic (exact) mass is 332 g/mol. The van der Waals surface area contributed by atoms with Crippen LogP contribution in [0.4, 0.5) is 5.69 Å². The SMILES string of the molecule is Cc1c(Br)cnn1CCC(=O)Nc1ccccc1C#N. The zero-order valence-corrected chi connectivity index (χ0v) is 12.5. The number of halogens is 1. The number of rotatable bonds is 4. The third kappa shape index (κ3) is 3.25. The van der Waals surface area contributed by atoms with E-state index in [-0.39, 0.29) is 5.91 Å². The van der Waals surface area contributed by atoms with E-state index in [4.69, 9.17) is 5.26 Å². The standard InChI is InChI=1S/C14H13BrN4O/c1-10-12(15)9-17-19(10)7-6-14(20)18-13-5-3-2-4-11(13)8-16/h2-5,9H,6-7H2,1H3,(H,18,20). The van der Waals surface area contributed by atoms with Gasteiger partial charge in [-0.25, -0.2) is 0 Å². The van der Waals surface area contributed by atoms with Crippen molar-refractivity contribution in [3.63, 3.8) is 0 Å². The van der Waals surface area contributed by atoms with Crippen LogP contribution >= 0.6 is 15.9 Å². The summed E-state index contributed by atoms with van der Waals surface area (Å²) in [6.45, 7) is 2.43. The third-order valence-corrected chi connectivity index (χ3v) is 3.69. The molecular formula is C14H13BrN4O. The summed E-state index contributed by atoms with van der Waals surface area (Å²) in [5, 5.41) is 15.9. The summed E-state index contributed by atoms with van der Waals surface area (Å²) in [7, 11) is 0. The molecule has 5 nitrogen and oxygen atoms in total. The van der Waals surface area contributed by atoms with Gasteiger partial charge in [0.05, 0.1) is 28.5 Å². The molecule has 0 atom stereocenters. The van der Waals surface area contributed by atoms with Crippen molar-refractivity contribution in [2.24, 2.45) is 0 Å². The first kappa shape index (κ1) is 14.3. The highest BCUT2D eigenvalue weighted by molar-refractivity contribution is 9.10. The van der Waals surface area contributed by atoms with E-state index >= 15 is 0 Å². The lowest BCUT2D eigenvalue weighted by molar-refractivity contribution is -0.116. The molecule has 2 aromatic rings. The number of benzene rings is 1. The third-order valence-electron chi connectivity index (χ3n) is 2.92. The molecule has 20 heavy (non-hydrogen) atoms. The van der Waals surface area contributed by atoms with Crippen molar-refractivity contribution in [3.05, 3.63) is 46.2 Å². The van der Waals surface area contributed by atoms with Gasteiger partial charge in [0.15, 0.2) is 0 Å². The molecule has 102 valence electrons. The summed E-state index contributed by atoms with van der Waals surface area (Å²) in [5.41, 5.74) is 1.98. The van der Waals surface area contributed by atoms with E-state index in [1.807, 2.05) is 13.0 Å². The van der Waals surface area contributed by atoms with Crippen molar-refractivity contribution in [2.45, 2.75) is 19.9 Å². The quantitative estimate of drug-likeness (QED) is 0.935. The van der Waals surface area contributed by atoms with Crippen molar-refractivity contribution in [2.75, 3.05) is 5.32 Å². The molecule has 0 spiro atoms. The molecule has 0 aliphatic rings. The van der Waals surface area contributed by atoms with Gasteiger partial charge in [0.25, 0.3) is 0 Å². The summed E-state index contributed by atoms with van der Waals surface area (Å²) in [4.78, 5) is 11.9. The smallest absolute Gasteiger partial charge is 0.226 e. The Morgan fingerprint density at radius 1 is 1.50 bits per heavy atom. The molecule has 0 saturated heterocycles. The van der Waals surface area contributed by atoms with E-state index in [1.165, 1.54) is 0 Å². The van der Waals surface area contributed by atoms with E-state index in [2.05, 4.69) is 26.3 Å². The van der Waals surface area contributed by atoms with Gasteiger partial charge >= 0.3 is 0 Å². The second-order valence-electron chi connectivity index (χ2n) is 4.26. The van der Waals surface area contributed by atoms with E-state index in [1.54, 1.807) is 35.1 Å². The number of hydrogen-bond acceptors (Lipinski definition) is 3. The van der Waals surface area contributed by atoms with Crippen LogP contribution in [-0.2, 0) is 11.3 Å². The van der Waals surface area contributed by atoms with Crippen LogP contribution in [0, 0.1) is 18.3 Å². The fraction of sp³-hybridized carbons (Fsp3) is 0.214. The van der Waals surface area contributed by atoms with Crippen LogP contribution in [0.15, 0.2) is 34.9 Å². The van der Waals surface area contributed by atoms with E-state index in [0.29, 0.717) is 24.2 Å². The second kappa shape index (κ2) is 6.35. The van der Waals surface area contributed by atoms with Crippen LogP contribution in [0.25, 0.3) is 0 Å². The van der Waals surface area contributed by atoms with Crippen molar-refractivity contribution in [1.82, 2.24) is 9.78 Å². The van der Waals surface area contributed by atoms with Crippen molar-refractivity contribution < 1.29 is 4.79 Å². The van der Waals surface area contributed by atoms with Crippen molar-refractivity contribution in [3.8, 4) is 6.07 Å². The number of nitrogens with zero attached hydrogens (tertiary/aromatic N) is 3. The predicted octanol–water partition coefficient (Wildman–Crippen LogP) is 2.85. The lowest BCUT2D eigenvalue weighted by Crippen LogP contribution is -2.16. The van der Waals surface area contributed by atoms with Crippen LogP contribution in [0.5, 0.6) is 0 Å². The maximum absolute atomic E-state index is 11.9. The summed E-state index contributed by atoms with van der Waals surface area (Å²) in [6.07, 6.45) is 2.01. The molecule has 0 saturated carbocycles. The van der Waals surface area contributed by atoms with Gasteiger partial charge in [-0.05, 0) is 35.0 Å². The van der Waals surface area contributed by atoms with Gasteiger partial charge in [0, 0.05) is 12.1 Å². The molecule has 0 fully saturated rings. The van der Waals surface area contributed by atoms with E-state index < -0.39 is 0 Å². The zero-order chi connectivity index (χ0) is 14.5. The Kier molecular flexibility index (Phi) is 4.53. The highest BCUT2D eigenvalue weighted by atomic mass is 79.9. The van der Waals surface area contributed by atoms with Crippen LogP contribution in [-0.4, -0.2) is 15.7 Å². The Hall–Kier alpha value is -2.13. The molecule has 0 aliphatic carbocycles. The predicted molar refractivity (Wildman–Crippen MR) is 79.1 cm³/mol. The lowest BCUT2D eigenvalue weighted by atomic mass is 10.2. The number of anilines is 1. The van der Waals surface area contributed by atoms with E-state index in [9.17, 15) is 4.79 Å². The van der Waals surface area contributed by atoms with Crippen LogP contribution in [0.3, 0.4) is 0 Å². The Morgan fingerprint density at radius 3 is 2.90 bits per heavy atom. The van der Waals surface area contributed by atoms with Crippen LogP contribution in [0.1, 0.15) is 17.7 Å². The molecule has 0 bridgehead atoms. The van der Waals surface area contributed by atoms with Gasteiger partial charge in [-0.1, -0.05) is 12.1 Å². The Labute approximate surface area is 125 Å². The molecule has 1 amide bonds. The number of para-hydroxylation sites is 1. The summed E-state index contributed by atoms with van der Waals surface area (Å²) in [6, 6.07) is 8.98. The molecule has 1 N–H and O–H groups in total. The van der Waals surface area contributed by atoms with Gasteiger partial charge < -0.3 is 5.32 Å². The first-order chi connectivity index (χ1) is 9.61. The normalized spacial score (nSPS) is 10.1. The largest absolute Gasteiger partial charge is 0.325 e. The van der Waals surface area contributed by atoms with Gasteiger partial charge in [0.1, 0.15) is 6.07 Å². The Morgan fingerprint density at radius 2 is 2.25 bits per heavy atom. The molecule has 0 radical (unpaired) electrons. The minimum Gasteiger partial charge on any atom is -0.325 e. The second-order valence-corrected chi connectivity index (χ2v) is 5.11. The molecule has 0 unspecified atom stereocenters. The number of carbonyl (C=O) groups is 1. The molecule has 1 heterocycles. The number of hydrogen-bond donors (Lipinski definition) is 1. The minimum absolute atomic E-state index is 0.140. The number of nitrogens with one attached hydrogen (secondary N) is 1. The lowest BCUT2D eigenvalue weighted by Gasteiger charge is -2.07. The topological polar surface area (TPSA) is 70.7 Å². The highest BCUT2D eigenvalue weighted by Gasteiger charge is 2.08. The maximum atomic E-state index is 11.9. The minimum atomic E-state index is -0.140.